The molecule has 144 valence electrons. The summed E-state index contributed by atoms with van der Waals surface area (Å²) in [4.78, 5) is 32.7. The Bertz CT molecular complexity index is 912. The fourth-order valence-electron chi connectivity index (χ4n) is 4.27. The fraction of sp³-hybridized carbons (Fsp3) is 0.571. The summed E-state index contributed by atoms with van der Waals surface area (Å²) in [6.45, 7) is 6.78. The van der Waals surface area contributed by atoms with Crippen molar-refractivity contribution in [2.24, 2.45) is 0 Å². The average Bonchev–Trinajstić information content (AvgIpc) is 3.05. The van der Waals surface area contributed by atoms with E-state index >= 15 is 0 Å². The van der Waals surface area contributed by atoms with Crippen LogP contribution in [0.4, 0.5) is 0 Å². The molecule has 2 aliphatic rings. The van der Waals surface area contributed by atoms with E-state index in [1.54, 1.807) is 18.2 Å². The summed E-state index contributed by atoms with van der Waals surface area (Å²) in [6, 6.07) is 6.01. The highest BCUT2D eigenvalue weighted by atomic mass is 16.1. The zero-order valence-electron chi connectivity index (χ0n) is 16.2. The Morgan fingerprint density at radius 2 is 1.96 bits per heavy atom. The van der Waals surface area contributed by atoms with Gasteiger partial charge in [-0.15, -0.1) is 0 Å². The molecule has 0 spiro atoms. The number of amides is 1. The Hall–Kier alpha value is -2.21. The van der Waals surface area contributed by atoms with Crippen molar-refractivity contribution in [2.75, 3.05) is 13.1 Å². The van der Waals surface area contributed by atoms with Gasteiger partial charge in [-0.25, -0.2) is 4.98 Å². The van der Waals surface area contributed by atoms with Crippen LogP contribution in [0.15, 0.2) is 23.0 Å². The van der Waals surface area contributed by atoms with Crippen LogP contribution in [0.3, 0.4) is 0 Å². The minimum Gasteiger partial charge on any atom is -0.349 e. The van der Waals surface area contributed by atoms with E-state index in [1.807, 2.05) is 4.57 Å². The van der Waals surface area contributed by atoms with Gasteiger partial charge in [-0.05, 0) is 44.9 Å². The number of benzene rings is 1. The fourth-order valence-corrected chi connectivity index (χ4v) is 4.27. The van der Waals surface area contributed by atoms with Crippen molar-refractivity contribution >= 4 is 16.8 Å². The molecule has 1 fully saturated rings. The second-order valence-corrected chi connectivity index (χ2v) is 8.05. The number of nitrogens with one attached hydrogen (secondary N) is 1. The van der Waals surface area contributed by atoms with Crippen molar-refractivity contribution < 1.29 is 4.79 Å². The molecule has 1 N–H and O–H groups in total. The number of rotatable bonds is 3. The molecule has 0 saturated heterocycles. The van der Waals surface area contributed by atoms with Crippen LogP contribution in [0.25, 0.3) is 10.9 Å². The minimum absolute atomic E-state index is 0.00311. The number of nitrogens with zero attached hydrogens (tertiary/aromatic N) is 3. The number of aromatic nitrogens is 2. The number of hydrogen-bond donors (Lipinski definition) is 1. The summed E-state index contributed by atoms with van der Waals surface area (Å²) in [6.07, 6.45) is 5.22. The molecule has 2 aromatic rings. The Morgan fingerprint density at radius 3 is 2.70 bits per heavy atom. The highest BCUT2D eigenvalue weighted by Crippen LogP contribution is 2.19. The van der Waals surface area contributed by atoms with Crippen molar-refractivity contribution in [3.8, 4) is 0 Å². The lowest BCUT2D eigenvalue weighted by Crippen LogP contribution is -2.34. The molecule has 1 aliphatic carbocycles. The molecule has 6 heteroatoms. The molecule has 0 atom stereocenters. The predicted octanol–water partition coefficient (Wildman–Crippen LogP) is 2.34. The van der Waals surface area contributed by atoms with Crippen LogP contribution in [0.5, 0.6) is 0 Å². The van der Waals surface area contributed by atoms with Crippen molar-refractivity contribution in [1.29, 1.82) is 0 Å². The van der Waals surface area contributed by atoms with Crippen LogP contribution < -0.4 is 10.9 Å². The summed E-state index contributed by atoms with van der Waals surface area (Å²) < 4.78 is 1.81. The highest BCUT2D eigenvalue weighted by Gasteiger charge is 2.21. The quantitative estimate of drug-likeness (QED) is 0.903. The topological polar surface area (TPSA) is 67.2 Å². The third-order valence-corrected chi connectivity index (χ3v) is 5.95. The van der Waals surface area contributed by atoms with E-state index in [0.29, 0.717) is 29.1 Å². The van der Waals surface area contributed by atoms with Gasteiger partial charge < -0.3 is 5.32 Å². The number of fused-ring (bicyclic) bond motifs is 2. The van der Waals surface area contributed by atoms with Crippen molar-refractivity contribution in [1.82, 2.24) is 19.8 Å². The van der Waals surface area contributed by atoms with E-state index in [1.165, 1.54) is 12.8 Å². The second-order valence-electron chi connectivity index (χ2n) is 8.05. The molecule has 1 saturated carbocycles. The summed E-state index contributed by atoms with van der Waals surface area (Å²) >= 11 is 0. The summed E-state index contributed by atoms with van der Waals surface area (Å²) in [5.74, 6) is 0.760. The standard InChI is InChI=1S/C21H28N4O2/c1-14(2)24-10-9-19-23-18-13-15(20(26)22-16-5-3-4-6-16)7-8-17(18)21(27)25(19)12-11-24/h7-8,13-14,16H,3-6,9-12H2,1-2H3,(H,22,26). The van der Waals surface area contributed by atoms with Gasteiger partial charge in [0.2, 0.25) is 0 Å². The predicted molar refractivity (Wildman–Crippen MR) is 106 cm³/mol. The molecule has 1 amide bonds. The molecule has 1 aromatic carbocycles. The summed E-state index contributed by atoms with van der Waals surface area (Å²) in [7, 11) is 0. The van der Waals surface area contributed by atoms with Crippen LogP contribution in [0.1, 0.15) is 55.7 Å². The summed E-state index contributed by atoms with van der Waals surface area (Å²) in [5, 5.41) is 3.70. The third-order valence-electron chi connectivity index (χ3n) is 5.95. The first-order valence-electron chi connectivity index (χ1n) is 10.1. The van der Waals surface area contributed by atoms with Gasteiger partial charge in [0.15, 0.2) is 0 Å². The number of carbonyl (C=O) groups is 1. The number of hydrogen-bond acceptors (Lipinski definition) is 4. The Balaban J connectivity index is 1.65. The summed E-state index contributed by atoms with van der Waals surface area (Å²) in [5.41, 5.74) is 1.22. The van der Waals surface area contributed by atoms with Gasteiger partial charge in [0.1, 0.15) is 5.82 Å². The molecule has 1 aliphatic heterocycles. The molecule has 0 radical (unpaired) electrons. The van der Waals surface area contributed by atoms with Gasteiger partial charge in [-0.3, -0.25) is 19.1 Å². The van der Waals surface area contributed by atoms with E-state index in [2.05, 4.69) is 24.1 Å². The molecule has 1 aromatic heterocycles. The van der Waals surface area contributed by atoms with Gasteiger partial charge in [-0.1, -0.05) is 12.8 Å². The Labute approximate surface area is 159 Å². The number of carbonyl (C=O) groups excluding carboxylic acids is 1. The maximum Gasteiger partial charge on any atom is 0.261 e. The van der Waals surface area contributed by atoms with Crippen LogP contribution in [-0.4, -0.2) is 45.5 Å². The van der Waals surface area contributed by atoms with Crippen molar-refractivity contribution in [3.63, 3.8) is 0 Å². The zero-order valence-corrected chi connectivity index (χ0v) is 16.2. The molecule has 0 unspecified atom stereocenters. The molecule has 6 nitrogen and oxygen atoms in total. The van der Waals surface area contributed by atoms with Gasteiger partial charge in [0.05, 0.1) is 10.9 Å². The van der Waals surface area contributed by atoms with Crippen LogP contribution in [-0.2, 0) is 13.0 Å². The van der Waals surface area contributed by atoms with Crippen molar-refractivity contribution in [2.45, 2.75) is 64.6 Å². The lowest BCUT2D eigenvalue weighted by atomic mass is 10.1. The highest BCUT2D eigenvalue weighted by molar-refractivity contribution is 5.97. The minimum atomic E-state index is -0.0633. The van der Waals surface area contributed by atoms with Gasteiger partial charge in [0.25, 0.3) is 11.5 Å². The van der Waals surface area contributed by atoms with Crippen LogP contribution in [0.2, 0.25) is 0 Å². The molecule has 2 heterocycles. The molecule has 4 rings (SSSR count). The Morgan fingerprint density at radius 1 is 1.19 bits per heavy atom. The first-order valence-corrected chi connectivity index (χ1v) is 10.1. The lowest BCUT2D eigenvalue weighted by molar-refractivity contribution is 0.0938. The Kier molecular flexibility index (Phi) is 5.00. The van der Waals surface area contributed by atoms with Crippen LogP contribution in [0, 0.1) is 0 Å². The second kappa shape index (κ2) is 7.43. The van der Waals surface area contributed by atoms with Crippen molar-refractivity contribution in [3.05, 3.63) is 39.9 Å². The van der Waals surface area contributed by atoms with Gasteiger partial charge >= 0.3 is 0 Å². The first-order chi connectivity index (χ1) is 13.0. The van der Waals surface area contributed by atoms with E-state index < -0.39 is 0 Å². The maximum absolute atomic E-state index is 13.0. The van der Waals surface area contributed by atoms with E-state index in [0.717, 1.165) is 38.2 Å². The molecular formula is C21H28N4O2. The molecular weight excluding hydrogens is 340 g/mol. The normalized spacial score (nSPS) is 18.6. The van der Waals surface area contributed by atoms with E-state index in [-0.39, 0.29) is 17.5 Å². The average molecular weight is 368 g/mol. The SMILES string of the molecule is CC(C)N1CCc2nc3cc(C(=O)NC4CCCC4)ccc3c(=O)n2CC1. The zero-order chi connectivity index (χ0) is 19.0. The third kappa shape index (κ3) is 3.63. The maximum atomic E-state index is 13.0. The van der Waals surface area contributed by atoms with Gasteiger partial charge in [-0.2, -0.15) is 0 Å². The smallest absolute Gasteiger partial charge is 0.261 e. The lowest BCUT2D eigenvalue weighted by Gasteiger charge is -2.23. The van der Waals surface area contributed by atoms with E-state index in [4.69, 9.17) is 4.98 Å². The largest absolute Gasteiger partial charge is 0.349 e. The van der Waals surface area contributed by atoms with Crippen LogP contribution >= 0.6 is 0 Å². The molecule has 0 bridgehead atoms. The first kappa shape index (κ1) is 18.2. The van der Waals surface area contributed by atoms with Gasteiger partial charge in [0, 0.05) is 43.7 Å². The van der Waals surface area contributed by atoms with E-state index in [9.17, 15) is 9.59 Å². The monoisotopic (exact) mass is 368 g/mol. The molecule has 27 heavy (non-hydrogen) atoms.